The predicted octanol–water partition coefficient (Wildman–Crippen LogP) is 4.06. The van der Waals surface area contributed by atoms with Gasteiger partial charge in [-0.15, -0.1) is 0 Å². The summed E-state index contributed by atoms with van der Waals surface area (Å²) in [5.41, 5.74) is 0.619. The summed E-state index contributed by atoms with van der Waals surface area (Å²) in [7, 11) is 1.55. The van der Waals surface area contributed by atoms with Gasteiger partial charge in [-0.3, -0.25) is 10.1 Å². The van der Waals surface area contributed by atoms with Crippen LogP contribution in [-0.2, 0) is 0 Å². The number of esters is 1. The summed E-state index contributed by atoms with van der Waals surface area (Å²) in [6, 6.07) is 11.1. The molecule has 0 atom stereocenters. The van der Waals surface area contributed by atoms with Gasteiger partial charge in [-0.2, -0.15) is 0 Å². The topological polar surface area (TPSA) is 81.9 Å². The fraction of sp³-hybridized carbons (Fsp3) is 0.350. The molecule has 0 spiro atoms. The Morgan fingerprint density at radius 3 is 2.33 bits per heavy atom. The molecule has 0 N–H and O–H groups in total. The van der Waals surface area contributed by atoms with Crippen molar-refractivity contribution in [3.8, 4) is 11.5 Å². The second-order valence-electron chi connectivity index (χ2n) is 6.70. The largest absolute Gasteiger partial charge is 0.497 e. The predicted molar refractivity (Wildman–Crippen MR) is 102 cm³/mol. The molecule has 1 saturated heterocycles. The number of anilines is 1. The van der Waals surface area contributed by atoms with Crippen LogP contribution in [0.25, 0.3) is 0 Å². The number of nitro groups is 1. The lowest BCUT2D eigenvalue weighted by Gasteiger charge is -2.31. The lowest BCUT2D eigenvalue weighted by molar-refractivity contribution is -0.384. The number of piperidine rings is 1. The Balaban J connectivity index is 1.80. The first-order chi connectivity index (χ1) is 13.0. The molecule has 2 aromatic carbocycles. The van der Waals surface area contributed by atoms with E-state index in [0.29, 0.717) is 23.1 Å². The number of rotatable bonds is 5. The van der Waals surface area contributed by atoms with E-state index in [0.717, 1.165) is 25.9 Å². The van der Waals surface area contributed by atoms with Crippen molar-refractivity contribution in [2.75, 3.05) is 25.1 Å². The van der Waals surface area contributed by atoms with Gasteiger partial charge in [0.05, 0.1) is 17.6 Å². The molecule has 0 saturated carbocycles. The Labute approximate surface area is 157 Å². The number of benzene rings is 2. The maximum Gasteiger partial charge on any atom is 0.343 e. The monoisotopic (exact) mass is 370 g/mol. The van der Waals surface area contributed by atoms with Crippen LogP contribution in [0.15, 0.2) is 42.5 Å². The lowest BCUT2D eigenvalue weighted by Crippen LogP contribution is -2.33. The van der Waals surface area contributed by atoms with E-state index in [9.17, 15) is 14.9 Å². The normalized spacial score (nSPS) is 14.7. The SMILES string of the molecule is COc1ccc(OC(=O)c2ccc(N3CCC(C)CC3)c([N+](=O)[O-])c2)cc1. The highest BCUT2D eigenvalue weighted by Crippen LogP contribution is 2.32. The van der Waals surface area contributed by atoms with Gasteiger partial charge < -0.3 is 14.4 Å². The lowest BCUT2D eigenvalue weighted by atomic mass is 9.98. The van der Waals surface area contributed by atoms with Crippen LogP contribution in [0.3, 0.4) is 0 Å². The van der Waals surface area contributed by atoms with Gasteiger partial charge in [-0.1, -0.05) is 6.92 Å². The summed E-state index contributed by atoms with van der Waals surface area (Å²) >= 11 is 0. The zero-order valence-electron chi connectivity index (χ0n) is 15.4. The fourth-order valence-electron chi connectivity index (χ4n) is 3.12. The Bertz CT molecular complexity index is 827. The second-order valence-corrected chi connectivity index (χ2v) is 6.70. The molecule has 1 aliphatic rings. The summed E-state index contributed by atoms with van der Waals surface area (Å²) in [6.07, 6.45) is 2.00. The van der Waals surface area contributed by atoms with Gasteiger partial charge in [0, 0.05) is 19.2 Å². The zero-order valence-corrected chi connectivity index (χ0v) is 15.4. The van der Waals surface area contributed by atoms with Gasteiger partial charge in [-0.05, 0) is 55.2 Å². The van der Waals surface area contributed by atoms with Crippen LogP contribution >= 0.6 is 0 Å². The van der Waals surface area contributed by atoms with Gasteiger partial charge in [0.15, 0.2) is 0 Å². The minimum absolute atomic E-state index is 0.0752. The summed E-state index contributed by atoms with van der Waals surface area (Å²) in [5.74, 6) is 0.976. The van der Waals surface area contributed by atoms with Gasteiger partial charge in [-0.25, -0.2) is 4.79 Å². The molecular formula is C20H22N2O5. The number of nitro benzene ring substituents is 1. The van der Waals surface area contributed by atoms with Crippen molar-refractivity contribution in [2.45, 2.75) is 19.8 Å². The molecular weight excluding hydrogens is 348 g/mol. The van der Waals surface area contributed by atoms with Crippen molar-refractivity contribution in [2.24, 2.45) is 5.92 Å². The van der Waals surface area contributed by atoms with Crippen molar-refractivity contribution in [3.05, 3.63) is 58.1 Å². The number of hydrogen-bond acceptors (Lipinski definition) is 6. The molecule has 142 valence electrons. The second kappa shape index (κ2) is 8.07. The van der Waals surface area contributed by atoms with Crippen LogP contribution < -0.4 is 14.4 Å². The molecule has 27 heavy (non-hydrogen) atoms. The van der Waals surface area contributed by atoms with Gasteiger partial charge in [0.1, 0.15) is 17.2 Å². The Hall–Kier alpha value is -3.09. The highest BCUT2D eigenvalue weighted by atomic mass is 16.6. The number of hydrogen-bond donors (Lipinski definition) is 0. The standard InChI is InChI=1S/C20H22N2O5/c1-14-9-11-21(12-10-14)18-8-3-15(13-19(18)22(24)25)20(23)27-17-6-4-16(26-2)5-7-17/h3-8,13-14H,9-12H2,1-2H3. The van der Waals surface area contributed by atoms with E-state index < -0.39 is 10.9 Å². The number of carbonyl (C=O) groups is 1. The minimum atomic E-state index is -0.637. The summed E-state index contributed by atoms with van der Waals surface area (Å²) < 4.78 is 10.4. The Morgan fingerprint density at radius 2 is 1.74 bits per heavy atom. The first-order valence-electron chi connectivity index (χ1n) is 8.87. The number of ether oxygens (including phenoxy) is 2. The quantitative estimate of drug-likeness (QED) is 0.342. The molecule has 2 aromatic rings. The third kappa shape index (κ3) is 4.36. The smallest absolute Gasteiger partial charge is 0.343 e. The zero-order chi connectivity index (χ0) is 19.4. The first-order valence-corrected chi connectivity index (χ1v) is 8.87. The van der Waals surface area contributed by atoms with E-state index in [-0.39, 0.29) is 11.3 Å². The summed E-state index contributed by atoms with van der Waals surface area (Å²) in [5, 5.41) is 11.5. The third-order valence-corrected chi connectivity index (χ3v) is 4.80. The molecule has 1 fully saturated rings. The summed E-state index contributed by atoms with van der Waals surface area (Å²) in [6.45, 7) is 3.74. The maximum atomic E-state index is 12.4. The van der Waals surface area contributed by atoms with E-state index >= 15 is 0 Å². The molecule has 0 aliphatic carbocycles. The molecule has 0 radical (unpaired) electrons. The number of carbonyl (C=O) groups excluding carboxylic acids is 1. The van der Waals surface area contributed by atoms with E-state index in [2.05, 4.69) is 6.92 Å². The van der Waals surface area contributed by atoms with Crippen LogP contribution in [0.5, 0.6) is 11.5 Å². The molecule has 0 bridgehead atoms. The Morgan fingerprint density at radius 1 is 1.11 bits per heavy atom. The van der Waals surface area contributed by atoms with Crippen LogP contribution in [0, 0.1) is 16.0 Å². The van der Waals surface area contributed by atoms with E-state index in [4.69, 9.17) is 9.47 Å². The Kier molecular flexibility index (Phi) is 5.59. The van der Waals surface area contributed by atoms with Crippen LogP contribution in [0.1, 0.15) is 30.1 Å². The van der Waals surface area contributed by atoms with Crippen LogP contribution in [0.2, 0.25) is 0 Å². The third-order valence-electron chi connectivity index (χ3n) is 4.80. The molecule has 0 unspecified atom stereocenters. The molecule has 0 amide bonds. The van der Waals surface area contributed by atoms with Crippen molar-refractivity contribution in [1.82, 2.24) is 0 Å². The van der Waals surface area contributed by atoms with Gasteiger partial charge in [0.2, 0.25) is 0 Å². The van der Waals surface area contributed by atoms with E-state index in [1.807, 2.05) is 4.90 Å². The average Bonchev–Trinajstić information content (AvgIpc) is 2.68. The molecule has 3 rings (SSSR count). The molecule has 7 heteroatoms. The van der Waals surface area contributed by atoms with Gasteiger partial charge in [0.25, 0.3) is 5.69 Å². The van der Waals surface area contributed by atoms with E-state index in [1.54, 1.807) is 43.5 Å². The average molecular weight is 370 g/mol. The number of methoxy groups -OCH3 is 1. The van der Waals surface area contributed by atoms with Crippen molar-refractivity contribution in [3.63, 3.8) is 0 Å². The maximum absolute atomic E-state index is 12.4. The highest BCUT2D eigenvalue weighted by molar-refractivity contribution is 5.93. The molecule has 7 nitrogen and oxygen atoms in total. The van der Waals surface area contributed by atoms with Crippen molar-refractivity contribution in [1.29, 1.82) is 0 Å². The minimum Gasteiger partial charge on any atom is -0.497 e. The highest BCUT2D eigenvalue weighted by Gasteiger charge is 2.25. The van der Waals surface area contributed by atoms with Crippen molar-refractivity contribution < 1.29 is 19.2 Å². The van der Waals surface area contributed by atoms with Crippen LogP contribution in [0.4, 0.5) is 11.4 Å². The van der Waals surface area contributed by atoms with Gasteiger partial charge >= 0.3 is 5.97 Å². The van der Waals surface area contributed by atoms with Crippen molar-refractivity contribution >= 4 is 17.3 Å². The molecule has 0 aromatic heterocycles. The molecule has 1 heterocycles. The van der Waals surface area contributed by atoms with E-state index in [1.165, 1.54) is 6.07 Å². The number of nitrogens with zero attached hydrogens (tertiary/aromatic N) is 2. The fourth-order valence-corrected chi connectivity index (χ4v) is 3.12. The molecule has 1 aliphatic heterocycles. The summed E-state index contributed by atoms with van der Waals surface area (Å²) in [4.78, 5) is 25.5. The first kappa shape index (κ1) is 18.7. The van der Waals surface area contributed by atoms with Crippen LogP contribution in [-0.4, -0.2) is 31.1 Å².